The van der Waals surface area contributed by atoms with Crippen molar-refractivity contribution in [1.82, 2.24) is 0 Å². The van der Waals surface area contributed by atoms with Crippen molar-refractivity contribution >= 4 is 39.0 Å². The number of benzene rings is 6. The first kappa shape index (κ1) is 31.2. The van der Waals surface area contributed by atoms with Gasteiger partial charge in [0.15, 0.2) is 5.58 Å². The molecule has 6 aromatic carbocycles. The smallest absolute Gasteiger partial charge is 0.159 e. The van der Waals surface area contributed by atoms with E-state index in [-0.39, 0.29) is 16.2 Å². The molecule has 1 aromatic heterocycles. The first-order chi connectivity index (χ1) is 23.3. The third-order valence-electron chi connectivity index (χ3n) is 10.5. The van der Waals surface area contributed by atoms with Crippen LogP contribution >= 0.6 is 0 Å². The fourth-order valence-electron chi connectivity index (χ4n) is 7.82. The van der Waals surface area contributed by atoms with Crippen molar-refractivity contribution in [2.45, 2.75) is 71.6 Å². The standard InChI is InChI=1S/C47H45NO/c1-45(2,3)31-27-37-36-21-16-24-42(44(36)49-43(37)40(28-31)46(4,5)6)48(41-23-15-13-19-33(41)30-17-10-9-11-18-30)32-25-26-35-34-20-12-14-22-38(34)47(7,8)39(35)29-32/h9-29H,1-8H3. The third-order valence-corrected chi connectivity index (χ3v) is 10.5. The van der Waals surface area contributed by atoms with E-state index in [4.69, 9.17) is 4.42 Å². The number of nitrogens with zero attached hydrogens (tertiary/aromatic N) is 1. The number of rotatable bonds is 4. The summed E-state index contributed by atoms with van der Waals surface area (Å²) in [6.45, 7) is 18.5. The van der Waals surface area contributed by atoms with Crippen LogP contribution in [-0.2, 0) is 16.2 Å². The largest absolute Gasteiger partial charge is 0.454 e. The molecule has 0 fully saturated rings. The lowest BCUT2D eigenvalue weighted by Crippen LogP contribution is -2.17. The molecule has 2 nitrogen and oxygen atoms in total. The van der Waals surface area contributed by atoms with E-state index in [0.29, 0.717) is 0 Å². The average molecular weight is 640 g/mol. The van der Waals surface area contributed by atoms with Crippen molar-refractivity contribution in [2.75, 3.05) is 4.90 Å². The van der Waals surface area contributed by atoms with Crippen LogP contribution in [0, 0.1) is 0 Å². The predicted molar refractivity (Wildman–Crippen MR) is 209 cm³/mol. The topological polar surface area (TPSA) is 16.4 Å². The molecule has 0 aliphatic heterocycles. The van der Waals surface area contributed by atoms with E-state index in [1.807, 2.05) is 0 Å². The van der Waals surface area contributed by atoms with Crippen LogP contribution in [0.3, 0.4) is 0 Å². The molecule has 1 heterocycles. The van der Waals surface area contributed by atoms with Crippen LogP contribution in [0.4, 0.5) is 17.1 Å². The molecule has 2 heteroatoms. The van der Waals surface area contributed by atoms with Gasteiger partial charge >= 0.3 is 0 Å². The minimum atomic E-state index is -0.122. The minimum absolute atomic E-state index is 0.00481. The van der Waals surface area contributed by atoms with Gasteiger partial charge in [-0.1, -0.05) is 152 Å². The second-order valence-corrected chi connectivity index (χ2v) is 16.3. The summed E-state index contributed by atoms with van der Waals surface area (Å²) in [6.07, 6.45) is 0. The van der Waals surface area contributed by atoms with Crippen molar-refractivity contribution in [3.05, 3.63) is 150 Å². The molecule has 0 spiro atoms. The Labute approximate surface area is 291 Å². The van der Waals surface area contributed by atoms with Crippen molar-refractivity contribution in [3.8, 4) is 22.3 Å². The molecule has 7 aromatic rings. The van der Waals surface area contributed by atoms with Crippen LogP contribution in [0.1, 0.15) is 77.6 Å². The molecule has 8 rings (SSSR count). The molecule has 0 saturated heterocycles. The Balaban J connectivity index is 1.44. The maximum atomic E-state index is 7.12. The van der Waals surface area contributed by atoms with E-state index in [2.05, 4.69) is 188 Å². The molecular weight excluding hydrogens is 595 g/mol. The van der Waals surface area contributed by atoms with Crippen LogP contribution in [0.2, 0.25) is 0 Å². The molecule has 0 radical (unpaired) electrons. The average Bonchev–Trinajstić information content (AvgIpc) is 3.57. The minimum Gasteiger partial charge on any atom is -0.454 e. The van der Waals surface area contributed by atoms with Gasteiger partial charge < -0.3 is 9.32 Å². The predicted octanol–water partition coefficient (Wildman–Crippen LogP) is 13.6. The first-order valence-corrected chi connectivity index (χ1v) is 17.5. The fraction of sp³-hybridized carbons (Fsp3) is 0.234. The highest BCUT2D eigenvalue weighted by molar-refractivity contribution is 6.12. The number of para-hydroxylation sites is 2. The van der Waals surface area contributed by atoms with E-state index in [1.54, 1.807) is 0 Å². The Bertz CT molecular complexity index is 2380. The van der Waals surface area contributed by atoms with Gasteiger partial charge in [0.1, 0.15) is 5.58 Å². The van der Waals surface area contributed by atoms with Gasteiger partial charge in [-0.2, -0.15) is 0 Å². The second kappa shape index (κ2) is 11.0. The van der Waals surface area contributed by atoms with Crippen molar-refractivity contribution < 1.29 is 4.42 Å². The van der Waals surface area contributed by atoms with E-state index in [0.717, 1.165) is 33.6 Å². The lowest BCUT2D eigenvalue weighted by atomic mass is 9.79. The zero-order valence-corrected chi connectivity index (χ0v) is 30.0. The van der Waals surface area contributed by atoms with Crippen LogP contribution in [0.15, 0.2) is 132 Å². The van der Waals surface area contributed by atoms with Gasteiger partial charge in [-0.3, -0.25) is 0 Å². The first-order valence-electron chi connectivity index (χ1n) is 17.5. The number of hydrogen-bond donors (Lipinski definition) is 0. The van der Waals surface area contributed by atoms with E-state index in [1.165, 1.54) is 49.9 Å². The van der Waals surface area contributed by atoms with Gasteiger partial charge in [0.2, 0.25) is 0 Å². The summed E-state index contributed by atoms with van der Waals surface area (Å²) in [5, 5.41) is 2.32. The second-order valence-electron chi connectivity index (χ2n) is 16.3. The molecule has 0 bridgehead atoms. The Morgan fingerprint density at radius 3 is 1.90 bits per heavy atom. The lowest BCUT2D eigenvalue weighted by molar-refractivity contribution is 0.559. The van der Waals surface area contributed by atoms with Gasteiger partial charge in [0, 0.05) is 33.0 Å². The number of anilines is 3. The maximum Gasteiger partial charge on any atom is 0.159 e. The lowest BCUT2D eigenvalue weighted by Gasteiger charge is -2.29. The molecule has 1 aliphatic rings. The van der Waals surface area contributed by atoms with Crippen molar-refractivity contribution in [3.63, 3.8) is 0 Å². The van der Waals surface area contributed by atoms with E-state index >= 15 is 0 Å². The SMILES string of the molecule is CC(C)(C)c1cc(C(C)(C)C)c2oc3c(N(c4ccc5c(c4)C(C)(C)c4ccccc4-5)c4ccccc4-c4ccccc4)cccc3c2c1. The Morgan fingerprint density at radius 2 is 1.16 bits per heavy atom. The van der Waals surface area contributed by atoms with E-state index in [9.17, 15) is 0 Å². The molecule has 0 atom stereocenters. The Kier molecular flexibility index (Phi) is 6.99. The molecule has 0 N–H and O–H groups in total. The Morgan fingerprint density at radius 1 is 0.510 bits per heavy atom. The number of hydrogen-bond acceptors (Lipinski definition) is 2. The van der Waals surface area contributed by atoms with Crippen LogP contribution in [0.5, 0.6) is 0 Å². The van der Waals surface area contributed by atoms with Gasteiger partial charge in [0.25, 0.3) is 0 Å². The molecule has 0 amide bonds. The summed E-state index contributed by atoms with van der Waals surface area (Å²) >= 11 is 0. The normalized spacial score (nSPS) is 13.9. The summed E-state index contributed by atoms with van der Waals surface area (Å²) in [5.41, 5.74) is 15.2. The Hall–Kier alpha value is -5.08. The maximum absolute atomic E-state index is 7.12. The van der Waals surface area contributed by atoms with Crippen molar-refractivity contribution in [2.24, 2.45) is 0 Å². The highest BCUT2D eigenvalue weighted by Crippen LogP contribution is 2.52. The van der Waals surface area contributed by atoms with Crippen molar-refractivity contribution in [1.29, 1.82) is 0 Å². The van der Waals surface area contributed by atoms with Crippen LogP contribution in [0.25, 0.3) is 44.2 Å². The molecule has 0 saturated carbocycles. The molecule has 0 unspecified atom stereocenters. The van der Waals surface area contributed by atoms with Gasteiger partial charge in [-0.15, -0.1) is 0 Å². The van der Waals surface area contributed by atoms with Gasteiger partial charge in [-0.05, 0) is 74.5 Å². The highest BCUT2D eigenvalue weighted by Gasteiger charge is 2.36. The van der Waals surface area contributed by atoms with Gasteiger partial charge in [-0.25, -0.2) is 0 Å². The van der Waals surface area contributed by atoms with E-state index < -0.39 is 0 Å². The summed E-state index contributed by atoms with van der Waals surface area (Å²) in [4.78, 5) is 2.42. The third kappa shape index (κ3) is 5.00. The fourth-order valence-corrected chi connectivity index (χ4v) is 7.82. The molecule has 244 valence electrons. The molecule has 1 aliphatic carbocycles. The summed E-state index contributed by atoms with van der Waals surface area (Å²) < 4.78 is 7.12. The molecular formula is C47H45NO. The summed E-state index contributed by atoms with van der Waals surface area (Å²) in [7, 11) is 0. The zero-order valence-electron chi connectivity index (χ0n) is 30.0. The number of furan rings is 1. The zero-order chi connectivity index (χ0) is 34.3. The van der Waals surface area contributed by atoms with Crippen LogP contribution < -0.4 is 4.90 Å². The quantitative estimate of drug-likeness (QED) is 0.191. The summed E-state index contributed by atoms with van der Waals surface area (Å²) in [6, 6.07) is 46.7. The molecule has 49 heavy (non-hydrogen) atoms. The highest BCUT2D eigenvalue weighted by atomic mass is 16.3. The van der Waals surface area contributed by atoms with Gasteiger partial charge in [0.05, 0.1) is 11.4 Å². The monoisotopic (exact) mass is 639 g/mol. The summed E-state index contributed by atoms with van der Waals surface area (Å²) in [5.74, 6) is 0. The number of fused-ring (bicyclic) bond motifs is 6. The van der Waals surface area contributed by atoms with Crippen LogP contribution in [-0.4, -0.2) is 0 Å².